The van der Waals surface area contributed by atoms with Crippen LogP contribution in [0.4, 0.5) is 8.78 Å². The average Bonchev–Trinajstić information content (AvgIpc) is 2.63. The van der Waals surface area contributed by atoms with Gasteiger partial charge in [0.2, 0.25) is 0 Å². The first kappa shape index (κ1) is 20.4. The molecule has 0 spiro atoms. The van der Waals surface area contributed by atoms with E-state index in [4.69, 9.17) is 14.2 Å². The summed E-state index contributed by atoms with van der Waals surface area (Å²) in [4.78, 5) is 11.2. The summed E-state index contributed by atoms with van der Waals surface area (Å²) in [6, 6.07) is 3.60. The summed E-state index contributed by atoms with van der Waals surface area (Å²) in [7, 11) is 0. The summed E-state index contributed by atoms with van der Waals surface area (Å²) in [6.07, 6.45) is 4.11. The van der Waals surface area contributed by atoms with E-state index in [0.29, 0.717) is 43.0 Å². The number of carbonyl (C=O) groups is 1. The molecule has 1 aromatic rings. The van der Waals surface area contributed by atoms with Gasteiger partial charge in [-0.3, -0.25) is 0 Å². The topological polar surface area (TPSA) is 44.8 Å². The van der Waals surface area contributed by atoms with Gasteiger partial charge in [-0.15, -0.1) is 0 Å². The molecule has 144 valence electrons. The maximum Gasteiger partial charge on any atom is 0.333 e. The third-order valence-corrected chi connectivity index (χ3v) is 4.51. The van der Waals surface area contributed by atoms with E-state index in [2.05, 4.69) is 6.58 Å². The molecule has 0 amide bonds. The van der Waals surface area contributed by atoms with Crippen LogP contribution in [0.2, 0.25) is 0 Å². The van der Waals surface area contributed by atoms with Crippen molar-refractivity contribution in [3.63, 3.8) is 0 Å². The lowest BCUT2D eigenvalue weighted by Crippen LogP contribution is -2.23. The predicted octanol–water partition coefficient (Wildman–Crippen LogP) is 4.29. The van der Waals surface area contributed by atoms with Crippen molar-refractivity contribution in [3.05, 3.63) is 42.0 Å². The molecular formula is C20H26F2O4. The number of rotatable bonds is 9. The minimum Gasteiger partial charge on any atom is -0.493 e. The van der Waals surface area contributed by atoms with Gasteiger partial charge in [-0.25, -0.2) is 13.6 Å². The SMILES string of the molecule is C=C(C)C(=O)OCCOCC1CCC(COc2ccc(F)c(F)c2)CC1. The largest absolute Gasteiger partial charge is 0.493 e. The second-order valence-electron chi connectivity index (χ2n) is 6.76. The molecule has 0 radical (unpaired) electrons. The molecule has 0 bridgehead atoms. The molecule has 0 atom stereocenters. The first-order chi connectivity index (χ1) is 12.5. The van der Waals surface area contributed by atoms with E-state index in [1.165, 1.54) is 6.07 Å². The van der Waals surface area contributed by atoms with Gasteiger partial charge in [-0.2, -0.15) is 0 Å². The fourth-order valence-corrected chi connectivity index (χ4v) is 2.91. The van der Waals surface area contributed by atoms with Crippen molar-refractivity contribution in [3.8, 4) is 5.75 Å². The number of hydrogen-bond donors (Lipinski definition) is 0. The van der Waals surface area contributed by atoms with Crippen LogP contribution < -0.4 is 4.74 Å². The van der Waals surface area contributed by atoms with Gasteiger partial charge in [-0.1, -0.05) is 6.58 Å². The van der Waals surface area contributed by atoms with Crippen LogP contribution in [0.25, 0.3) is 0 Å². The van der Waals surface area contributed by atoms with E-state index in [1.54, 1.807) is 6.92 Å². The van der Waals surface area contributed by atoms with Gasteiger partial charge in [0.1, 0.15) is 12.4 Å². The standard InChI is InChI=1S/C20H26F2O4/c1-14(2)20(23)25-10-9-24-12-15-3-5-16(6-4-15)13-26-17-7-8-18(21)19(22)11-17/h7-8,11,15-16H,1,3-6,9-10,12-13H2,2H3. The van der Waals surface area contributed by atoms with Crippen molar-refractivity contribution in [2.24, 2.45) is 11.8 Å². The highest BCUT2D eigenvalue weighted by molar-refractivity contribution is 5.86. The molecule has 26 heavy (non-hydrogen) atoms. The van der Waals surface area contributed by atoms with E-state index >= 15 is 0 Å². The Kier molecular flexibility index (Phi) is 8.04. The number of hydrogen-bond acceptors (Lipinski definition) is 4. The Bertz CT molecular complexity index is 610. The van der Waals surface area contributed by atoms with Gasteiger partial charge >= 0.3 is 5.97 Å². The molecule has 1 aliphatic rings. The van der Waals surface area contributed by atoms with Gasteiger partial charge in [0.05, 0.1) is 13.2 Å². The molecule has 1 fully saturated rings. The zero-order valence-corrected chi connectivity index (χ0v) is 15.1. The molecule has 6 heteroatoms. The highest BCUT2D eigenvalue weighted by atomic mass is 19.2. The lowest BCUT2D eigenvalue weighted by Gasteiger charge is -2.28. The molecule has 0 saturated heterocycles. The molecule has 0 unspecified atom stereocenters. The Morgan fingerprint density at radius 2 is 1.73 bits per heavy atom. The van der Waals surface area contributed by atoms with Crippen LogP contribution >= 0.6 is 0 Å². The van der Waals surface area contributed by atoms with Crippen molar-refractivity contribution in [2.45, 2.75) is 32.6 Å². The average molecular weight is 368 g/mol. The Hall–Kier alpha value is -1.95. The van der Waals surface area contributed by atoms with Crippen molar-refractivity contribution >= 4 is 5.97 Å². The zero-order valence-electron chi connectivity index (χ0n) is 15.1. The molecule has 1 aliphatic carbocycles. The summed E-state index contributed by atoms with van der Waals surface area (Å²) in [5.74, 6) is -0.888. The van der Waals surface area contributed by atoms with Crippen LogP contribution in [0.3, 0.4) is 0 Å². The Morgan fingerprint density at radius 3 is 2.35 bits per heavy atom. The molecule has 1 saturated carbocycles. The van der Waals surface area contributed by atoms with E-state index in [1.807, 2.05) is 0 Å². The number of halogens is 2. The number of benzene rings is 1. The molecule has 4 nitrogen and oxygen atoms in total. The fraction of sp³-hybridized carbons (Fsp3) is 0.550. The van der Waals surface area contributed by atoms with Crippen LogP contribution in [0.15, 0.2) is 30.4 Å². The first-order valence-corrected chi connectivity index (χ1v) is 8.94. The van der Waals surface area contributed by atoms with Gasteiger partial charge in [0.25, 0.3) is 0 Å². The van der Waals surface area contributed by atoms with Crippen LogP contribution in [0, 0.1) is 23.5 Å². The van der Waals surface area contributed by atoms with Crippen molar-refractivity contribution < 1.29 is 27.8 Å². The molecule has 0 heterocycles. The maximum atomic E-state index is 13.2. The number of carbonyl (C=O) groups excluding carboxylic acids is 1. The quantitative estimate of drug-likeness (QED) is 0.371. The fourth-order valence-electron chi connectivity index (χ4n) is 2.91. The summed E-state index contributed by atoms with van der Waals surface area (Å²) in [5, 5.41) is 0. The zero-order chi connectivity index (χ0) is 18.9. The lowest BCUT2D eigenvalue weighted by molar-refractivity contribution is -0.140. The van der Waals surface area contributed by atoms with Crippen LogP contribution in [-0.4, -0.2) is 32.4 Å². The molecular weight excluding hydrogens is 342 g/mol. The number of esters is 1. The van der Waals surface area contributed by atoms with E-state index < -0.39 is 17.6 Å². The first-order valence-electron chi connectivity index (χ1n) is 8.94. The van der Waals surface area contributed by atoms with E-state index in [-0.39, 0.29) is 6.61 Å². The molecule has 2 rings (SSSR count). The third kappa shape index (κ3) is 6.75. The summed E-state index contributed by atoms with van der Waals surface area (Å²) < 4.78 is 42.2. The third-order valence-electron chi connectivity index (χ3n) is 4.51. The predicted molar refractivity (Wildman–Crippen MR) is 93.9 cm³/mol. The van der Waals surface area contributed by atoms with Gasteiger partial charge in [0.15, 0.2) is 11.6 Å². The van der Waals surface area contributed by atoms with E-state index in [0.717, 1.165) is 37.8 Å². The second kappa shape index (κ2) is 10.3. The monoisotopic (exact) mass is 368 g/mol. The van der Waals surface area contributed by atoms with Gasteiger partial charge in [-0.05, 0) is 56.6 Å². The molecule has 0 aliphatic heterocycles. The Balaban J connectivity index is 1.56. The Labute approximate surface area is 153 Å². The van der Waals surface area contributed by atoms with Crippen molar-refractivity contribution in [2.75, 3.05) is 26.4 Å². The maximum absolute atomic E-state index is 13.2. The van der Waals surface area contributed by atoms with Crippen molar-refractivity contribution in [1.82, 2.24) is 0 Å². The highest BCUT2D eigenvalue weighted by Gasteiger charge is 2.22. The second-order valence-corrected chi connectivity index (χ2v) is 6.76. The normalized spacial score (nSPS) is 19.8. The minimum atomic E-state index is -0.891. The molecule has 1 aromatic carbocycles. The summed E-state index contributed by atoms with van der Waals surface area (Å²) in [5.41, 5.74) is 0.383. The molecule has 0 N–H and O–H groups in total. The summed E-state index contributed by atoms with van der Waals surface area (Å²) >= 11 is 0. The van der Waals surface area contributed by atoms with Crippen LogP contribution in [-0.2, 0) is 14.3 Å². The lowest BCUT2D eigenvalue weighted by atomic mass is 9.83. The molecule has 0 aromatic heterocycles. The van der Waals surface area contributed by atoms with Crippen LogP contribution in [0.1, 0.15) is 32.6 Å². The smallest absolute Gasteiger partial charge is 0.333 e. The highest BCUT2D eigenvalue weighted by Crippen LogP contribution is 2.29. The van der Waals surface area contributed by atoms with Crippen molar-refractivity contribution in [1.29, 1.82) is 0 Å². The Morgan fingerprint density at radius 1 is 1.08 bits per heavy atom. The van der Waals surface area contributed by atoms with Gasteiger partial charge in [0, 0.05) is 18.2 Å². The minimum absolute atomic E-state index is 0.239. The summed E-state index contributed by atoms with van der Waals surface area (Å²) in [6.45, 7) is 6.92. The van der Waals surface area contributed by atoms with E-state index in [9.17, 15) is 13.6 Å². The van der Waals surface area contributed by atoms with Gasteiger partial charge < -0.3 is 14.2 Å². The van der Waals surface area contributed by atoms with Crippen LogP contribution in [0.5, 0.6) is 5.75 Å². The number of ether oxygens (including phenoxy) is 3.